The van der Waals surface area contributed by atoms with Gasteiger partial charge in [0, 0.05) is 0 Å². The molecule has 116 valence electrons. The van der Waals surface area contributed by atoms with Crippen LogP contribution >= 0.6 is 0 Å². The number of ether oxygens (including phenoxy) is 3. The fourth-order valence-electron chi connectivity index (χ4n) is 2.90. The molecular formula is C15H26O5. The van der Waals surface area contributed by atoms with Gasteiger partial charge in [-0.25, -0.2) is 0 Å². The van der Waals surface area contributed by atoms with Gasteiger partial charge in [-0.2, -0.15) is 0 Å². The highest BCUT2D eigenvalue weighted by atomic mass is 16.7. The molecule has 5 nitrogen and oxygen atoms in total. The van der Waals surface area contributed by atoms with E-state index < -0.39 is 11.4 Å². The van der Waals surface area contributed by atoms with Crippen molar-refractivity contribution in [3.63, 3.8) is 0 Å². The van der Waals surface area contributed by atoms with E-state index in [9.17, 15) is 9.90 Å². The highest BCUT2D eigenvalue weighted by Gasteiger charge is 2.42. The van der Waals surface area contributed by atoms with Crippen molar-refractivity contribution in [2.45, 2.75) is 76.3 Å². The van der Waals surface area contributed by atoms with Crippen molar-refractivity contribution in [3.05, 3.63) is 0 Å². The molecule has 1 saturated heterocycles. The molecule has 0 amide bonds. The van der Waals surface area contributed by atoms with Crippen molar-refractivity contribution < 1.29 is 24.1 Å². The van der Waals surface area contributed by atoms with Gasteiger partial charge < -0.3 is 19.3 Å². The quantitative estimate of drug-likeness (QED) is 0.802. The van der Waals surface area contributed by atoms with E-state index >= 15 is 0 Å². The molecule has 2 aliphatic rings. The molecule has 2 rings (SSSR count). The van der Waals surface area contributed by atoms with Crippen LogP contribution in [0.4, 0.5) is 0 Å². The van der Waals surface area contributed by atoms with E-state index in [2.05, 4.69) is 0 Å². The van der Waals surface area contributed by atoms with Gasteiger partial charge in [-0.3, -0.25) is 4.79 Å². The number of carbonyl (C=O) groups is 1. The third-order valence-electron chi connectivity index (χ3n) is 4.34. The van der Waals surface area contributed by atoms with Gasteiger partial charge in [0.2, 0.25) is 0 Å². The van der Waals surface area contributed by atoms with Crippen molar-refractivity contribution in [2.24, 2.45) is 0 Å². The molecule has 0 atom stereocenters. The number of hydrogen-bond donors (Lipinski definition) is 1. The summed E-state index contributed by atoms with van der Waals surface area (Å²) in [7, 11) is 0. The summed E-state index contributed by atoms with van der Waals surface area (Å²) in [6, 6.07) is 0. The molecule has 0 spiro atoms. The topological polar surface area (TPSA) is 65.0 Å². The highest BCUT2D eigenvalue weighted by molar-refractivity contribution is 5.71. The largest absolute Gasteiger partial charge is 0.459 e. The van der Waals surface area contributed by atoms with E-state index in [1.807, 2.05) is 6.92 Å². The lowest BCUT2D eigenvalue weighted by Gasteiger charge is -2.40. The van der Waals surface area contributed by atoms with Crippen molar-refractivity contribution in [1.29, 1.82) is 0 Å². The minimum Gasteiger partial charge on any atom is -0.459 e. The van der Waals surface area contributed by atoms with Crippen LogP contribution in [0, 0.1) is 0 Å². The molecule has 0 radical (unpaired) electrons. The van der Waals surface area contributed by atoms with Crippen molar-refractivity contribution in [3.8, 4) is 0 Å². The van der Waals surface area contributed by atoms with Crippen molar-refractivity contribution >= 4 is 5.97 Å². The molecule has 0 aromatic carbocycles. The van der Waals surface area contributed by atoms with Crippen LogP contribution in [0.15, 0.2) is 0 Å². The minimum atomic E-state index is -1.28. The van der Waals surface area contributed by atoms with Crippen molar-refractivity contribution in [2.75, 3.05) is 13.2 Å². The molecule has 1 aliphatic heterocycles. The Hall–Kier alpha value is -0.650. The van der Waals surface area contributed by atoms with E-state index in [1.165, 1.54) is 0 Å². The molecule has 0 bridgehead atoms. The van der Waals surface area contributed by atoms with E-state index in [-0.39, 0.29) is 31.2 Å². The molecule has 0 unspecified atom stereocenters. The lowest BCUT2D eigenvalue weighted by molar-refractivity contribution is -0.302. The Morgan fingerprint density at radius 3 is 2.25 bits per heavy atom. The molecular weight excluding hydrogens is 260 g/mol. The molecule has 1 saturated carbocycles. The van der Waals surface area contributed by atoms with E-state index in [4.69, 9.17) is 14.2 Å². The predicted octanol–water partition coefficient (Wildman–Crippen LogP) is 2.16. The summed E-state index contributed by atoms with van der Waals surface area (Å²) in [5.74, 6) is -1.06. The van der Waals surface area contributed by atoms with E-state index in [0.717, 1.165) is 32.1 Å². The van der Waals surface area contributed by atoms with Crippen LogP contribution in [0.2, 0.25) is 0 Å². The van der Waals surface area contributed by atoms with Crippen LogP contribution < -0.4 is 0 Å². The van der Waals surface area contributed by atoms with E-state index in [0.29, 0.717) is 0 Å². The van der Waals surface area contributed by atoms with Crippen LogP contribution in [0.5, 0.6) is 0 Å². The van der Waals surface area contributed by atoms with Crippen molar-refractivity contribution in [1.82, 2.24) is 0 Å². The van der Waals surface area contributed by atoms with Gasteiger partial charge in [0.25, 0.3) is 0 Å². The Balaban J connectivity index is 1.88. The number of hydrogen-bond acceptors (Lipinski definition) is 5. The molecule has 1 heterocycles. The van der Waals surface area contributed by atoms with E-state index in [1.54, 1.807) is 13.8 Å². The second-order valence-electron chi connectivity index (χ2n) is 6.60. The Kier molecular flexibility index (Phi) is 4.42. The average molecular weight is 286 g/mol. The second kappa shape index (κ2) is 5.62. The number of esters is 1. The summed E-state index contributed by atoms with van der Waals surface area (Å²) in [6.07, 6.45) is 4.81. The molecule has 1 aliphatic carbocycles. The van der Waals surface area contributed by atoms with Gasteiger partial charge in [-0.05, 0) is 46.0 Å². The normalized spacial score (nSPS) is 27.2. The third kappa shape index (κ3) is 3.71. The van der Waals surface area contributed by atoms with Gasteiger partial charge in [0.05, 0.1) is 19.6 Å². The minimum absolute atomic E-state index is 0.0785. The molecule has 2 fully saturated rings. The van der Waals surface area contributed by atoms with Crippen LogP contribution in [0.1, 0.15) is 59.3 Å². The maximum atomic E-state index is 12.1. The van der Waals surface area contributed by atoms with Gasteiger partial charge >= 0.3 is 5.97 Å². The lowest BCUT2D eigenvalue weighted by Crippen LogP contribution is -2.52. The fraction of sp³-hybridized carbons (Fsp3) is 0.933. The fourth-order valence-corrected chi connectivity index (χ4v) is 2.90. The SMILES string of the molecule is CCC1(OC(=O)CC2(O)COC(C)(C)OC2)CCCC1. The zero-order valence-corrected chi connectivity index (χ0v) is 12.7. The molecule has 5 heteroatoms. The standard InChI is InChI=1S/C15H26O5/c1-4-15(7-5-6-8-15)20-12(16)9-14(17)10-18-13(2,3)19-11-14/h17H,4-11H2,1-3H3. The second-order valence-corrected chi connectivity index (χ2v) is 6.60. The highest BCUT2D eigenvalue weighted by Crippen LogP contribution is 2.37. The van der Waals surface area contributed by atoms with Crippen LogP contribution in [0.25, 0.3) is 0 Å². The van der Waals surface area contributed by atoms with Crippen LogP contribution in [0.3, 0.4) is 0 Å². The maximum absolute atomic E-state index is 12.1. The lowest BCUT2D eigenvalue weighted by atomic mass is 9.97. The monoisotopic (exact) mass is 286 g/mol. The van der Waals surface area contributed by atoms with Gasteiger partial charge in [-0.15, -0.1) is 0 Å². The summed E-state index contributed by atoms with van der Waals surface area (Å²) in [5, 5.41) is 10.4. The summed E-state index contributed by atoms with van der Waals surface area (Å²) in [4.78, 5) is 12.1. The summed E-state index contributed by atoms with van der Waals surface area (Å²) >= 11 is 0. The zero-order valence-electron chi connectivity index (χ0n) is 12.7. The van der Waals surface area contributed by atoms with Gasteiger partial charge in [0.15, 0.2) is 5.79 Å². The maximum Gasteiger partial charge on any atom is 0.309 e. The average Bonchev–Trinajstić information content (AvgIpc) is 2.83. The summed E-state index contributed by atoms with van der Waals surface area (Å²) < 4.78 is 16.5. The first-order valence-corrected chi connectivity index (χ1v) is 7.50. The molecule has 0 aromatic rings. The van der Waals surface area contributed by atoms with Gasteiger partial charge in [0.1, 0.15) is 11.2 Å². The van der Waals surface area contributed by atoms with Crippen LogP contribution in [-0.4, -0.2) is 41.3 Å². The molecule has 0 aromatic heterocycles. The number of carbonyl (C=O) groups excluding carboxylic acids is 1. The summed E-state index contributed by atoms with van der Waals surface area (Å²) in [6.45, 7) is 5.80. The Labute approximate surface area is 120 Å². The van der Waals surface area contributed by atoms with Gasteiger partial charge in [-0.1, -0.05) is 6.92 Å². The van der Waals surface area contributed by atoms with Crippen LogP contribution in [-0.2, 0) is 19.0 Å². The smallest absolute Gasteiger partial charge is 0.309 e. The third-order valence-corrected chi connectivity index (χ3v) is 4.34. The number of aliphatic hydroxyl groups is 1. The first kappa shape index (κ1) is 15.7. The predicted molar refractivity (Wildman–Crippen MR) is 73.1 cm³/mol. The number of rotatable bonds is 4. The zero-order chi connectivity index (χ0) is 14.9. The Bertz CT molecular complexity index is 347. The molecule has 1 N–H and O–H groups in total. The Morgan fingerprint density at radius 2 is 1.75 bits per heavy atom. The Morgan fingerprint density at radius 1 is 1.20 bits per heavy atom. The summed E-state index contributed by atoms with van der Waals surface area (Å²) in [5.41, 5.74) is -1.59. The molecule has 20 heavy (non-hydrogen) atoms. The first-order valence-electron chi connectivity index (χ1n) is 7.50. The first-order chi connectivity index (χ1) is 9.28.